The lowest BCUT2D eigenvalue weighted by atomic mass is 9.26. The van der Waals surface area contributed by atoms with Gasteiger partial charge in [-0.2, -0.15) is 8.78 Å². The number of hydrogen-bond acceptors (Lipinski definition) is 4. The first kappa shape index (κ1) is 28.1. The minimum absolute atomic E-state index is 0.110. The van der Waals surface area contributed by atoms with Gasteiger partial charge in [-0.15, -0.1) is 0 Å². The van der Waals surface area contributed by atoms with Crippen molar-refractivity contribution in [1.29, 1.82) is 0 Å². The zero-order valence-corrected chi connectivity index (χ0v) is 22.9. The Morgan fingerprint density at radius 2 is 1.68 bits per heavy atom. The van der Waals surface area contributed by atoms with Crippen molar-refractivity contribution in [3.05, 3.63) is 69.7 Å². The van der Waals surface area contributed by atoms with Crippen LogP contribution in [0.4, 0.5) is 8.78 Å². The molecular weight excluding hydrogens is 509 g/mol. The van der Waals surface area contributed by atoms with Gasteiger partial charge in [-0.3, -0.25) is 19.2 Å². The Morgan fingerprint density at radius 1 is 1.08 bits per heavy atom. The largest absolute Gasteiger partial charge is 0.384 e. The molecule has 0 spiro atoms. The zero-order chi connectivity index (χ0) is 28.4. The maximum atomic E-state index is 14.8. The topological polar surface area (TPSA) is 78.0 Å². The maximum Gasteiger partial charge on any atom is 0.348 e. The molecule has 16 heteroatoms. The average Bonchev–Trinajstić information content (AvgIpc) is 3.16. The van der Waals surface area contributed by atoms with Crippen molar-refractivity contribution in [2.24, 2.45) is 0 Å². The van der Waals surface area contributed by atoms with Crippen molar-refractivity contribution in [3.8, 4) is 0 Å². The van der Waals surface area contributed by atoms with E-state index in [1.54, 1.807) is 33.9 Å². The van der Waals surface area contributed by atoms with E-state index in [2.05, 4.69) is 0 Å². The number of amides is 4. The maximum absolute atomic E-state index is 14.8. The summed E-state index contributed by atoms with van der Waals surface area (Å²) in [4.78, 5) is 55.6. The number of fused-ring (bicyclic) bond motifs is 1. The summed E-state index contributed by atoms with van der Waals surface area (Å²) in [5.41, 5.74) is 1.12. The molecule has 2 aromatic rings. The predicted octanol–water partition coefficient (Wildman–Crippen LogP) is -2.99. The van der Waals surface area contributed by atoms with Gasteiger partial charge in [-0.1, -0.05) is 41.1 Å². The molecule has 1 atom stereocenters. The predicted molar refractivity (Wildman–Crippen MR) is 155 cm³/mol. The highest BCUT2D eigenvalue weighted by Crippen LogP contribution is 2.52. The van der Waals surface area contributed by atoms with Crippen molar-refractivity contribution in [1.82, 2.24) is 14.5 Å². The number of rotatable bonds is 5. The van der Waals surface area contributed by atoms with Gasteiger partial charge in [0.1, 0.15) is 37.4 Å². The van der Waals surface area contributed by atoms with Crippen LogP contribution in [0.1, 0.15) is 27.0 Å². The summed E-state index contributed by atoms with van der Waals surface area (Å²) in [6.07, 6.45) is 0. The fraction of sp³-hybridized carbons (Fsp3) is 0.273. The Hall–Kier alpha value is -2.94. The van der Waals surface area contributed by atoms with Gasteiger partial charge in [0.15, 0.2) is 0 Å². The van der Waals surface area contributed by atoms with Gasteiger partial charge in [0.05, 0.1) is 0 Å². The highest BCUT2D eigenvalue weighted by Gasteiger charge is 2.59. The molecule has 0 radical (unpaired) electrons. The third-order valence-corrected chi connectivity index (χ3v) is 8.51. The molecule has 2 aliphatic rings. The Morgan fingerprint density at radius 3 is 2.29 bits per heavy atom. The van der Waals surface area contributed by atoms with E-state index in [-0.39, 0.29) is 29.9 Å². The van der Waals surface area contributed by atoms with Crippen LogP contribution in [-0.2, 0) is 33.4 Å². The number of nitrogens with zero attached hydrogens (tertiary/aromatic N) is 3. The number of halogens is 3. The zero-order valence-electron chi connectivity index (χ0n) is 22.1. The molecule has 2 aliphatic heterocycles. The first-order chi connectivity index (χ1) is 17.5. The van der Waals surface area contributed by atoms with E-state index in [0.29, 0.717) is 16.7 Å². The monoisotopic (exact) mass is 533 g/mol. The molecule has 4 rings (SSSR count). The first-order valence-corrected chi connectivity index (χ1v) is 12.5. The van der Waals surface area contributed by atoms with Gasteiger partial charge >= 0.3 is 5.92 Å². The van der Waals surface area contributed by atoms with E-state index < -0.39 is 39.8 Å². The summed E-state index contributed by atoms with van der Waals surface area (Å²) in [6, 6.07) is 8.85. The summed E-state index contributed by atoms with van der Waals surface area (Å²) >= 11 is 5.78. The van der Waals surface area contributed by atoms with Gasteiger partial charge in [0.25, 0.3) is 11.8 Å². The second-order valence-electron chi connectivity index (χ2n) is 11.1. The molecule has 2 aromatic carbocycles. The van der Waals surface area contributed by atoms with Gasteiger partial charge in [0, 0.05) is 29.2 Å². The molecule has 0 bridgehead atoms. The lowest BCUT2D eigenvalue weighted by Gasteiger charge is -2.54. The lowest BCUT2D eigenvalue weighted by Crippen LogP contribution is -2.67. The quantitative estimate of drug-likeness (QED) is 0.304. The molecule has 0 saturated carbocycles. The molecule has 0 N–H and O–H groups in total. The van der Waals surface area contributed by atoms with Crippen LogP contribution in [-0.4, -0.2) is 91.5 Å². The molecule has 0 aromatic heterocycles. The van der Waals surface area contributed by atoms with Crippen LogP contribution in [0.2, 0.25) is 15.5 Å². The number of piperidine rings is 1. The van der Waals surface area contributed by atoms with Crippen molar-refractivity contribution in [3.63, 3.8) is 0 Å². The smallest absolute Gasteiger partial charge is 0.348 e. The minimum Gasteiger partial charge on any atom is -0.384 e. The van der Waals surface area contributed by atoms with Crippen LogP contribution in [0.5, 0.6) is 0 Å². The molecule has 1 saturated heterocycles. The number of carbonyl (C=O) groups is 4. The number of benzene rings is 2. The minimum atomic E-state index is -3.74. The van der Waals surface area contributed by atoms with Crippen LogP contribution in [0.3, 0.4) is 0 Å². The molecule has 0 aliphatic carbocycles. The Balaban J connectivity index is 1.56. The fourth-order valence-electron chi connectivity index (χ4n) is 5.22. The number of imide groups is 1. The normalized spacial score (nSPS) is 20.4. The first-order valence-electron chi connectivity index (χ1n) is 12.2. The molecule has 1 unspecified atom stereocenters. The fourth-order valence-corrected chi connectivity index (χ4v) is 5.35. The van der Waals surface area contributed by atoms with E-state index in [1.807, 2.05) is 15.7 Å². The summed E-state index contributed by atoms with van der Waals surface area (Å²) in [5.74, 6) is -6.21. The summed E-state index contributed by atoms with van der Waals surface area (Å²) in [7, 11) is 9.86. The third-order valence-electron chi connectivity index (χ3n) is 8.25. The molecule has 190 valence electrons. The van der Waals surface area contributed by atoms with Crippen molar-refractivity contribution >= 4 is 82.6 Å². The van der Waals surface area contributed by atoms with E-state index in [0.717, 1.165) is 21.8 Å². The molecule has 38 heavy (non-hydrogen) atoms. The molecule has 1 fully saturated rings. The Kier molecular flexibility index (Phi) is 6.92. The van der Waals surface area contributed by atoms with E-state index in [1.165, 1.54) is 33.0 Å². The van der Waals surface area contributed by atoms with Crippen LogP contribution >= 0.6 is 11.6 Å². The van der Waals surface area contributed by atoms with E-state index in [9.17, 15) is 28.0 Å². The number of alkyl halides is 2. The highest BCUT2D eigenvalue weighted by atomic mass is 35.5. The molecular formula is C22H24B6ClF2N3O4. The summed E-state index contributed by atoms with van der Waals surface area (Å²) < 4.78 is 29.7. The third kappa shape index (κ3) is 4.28. The van der Waals surface area contributed by atoms with Crippen LogP contribution in [0.15, 0.2) is 42.5 Å². The highest BCUT2D eigenvalue weighted by molar-refractivity contribution is 6.65. The van der Waals surface area contributed by atoms with Gasteiger partial charge < -0.3 is 14.5 Å². The van der Waals surface area contributed by atoms with Crippen molar-refractivity contribution < 1.29 is 28.0 Å². The Labute approximate surface area is 230 Å². The average molecular weight is 533 g/mol. The summed E-state index contributed by atoms with van der Waals surface area (Å²) in [6.45, 7) is 0.0140. The second kappa shape index (κ2) is 9.36. The van der Waals surface area contributed by atoms with Crippen LogP contribution < -0.4 is 0 Å². The number of carbonyl (C=O) groups excluding carboxylic acids is 4. The van der Waals surface area contributed by atoms with Crippen molar-refractivity contribution in [2.75, 3.05) is 0 Å². The summed E-state index contributed by atoms with van der Waals surface area (Å²) in [5, 5.41) is -1.47. The lowest BCUT2D eigenvalue weighted by molar-refractivity contribution is -0.154. The van der Waals surface area contributed by atoms with E-state index >= 15 is 0 Å². The van der Waals surface area contributed by atoms with Gasteiger partial charge in [-0.05, 0) is 34.5 Å². The molecule has 2 heterocycles. The van der Waals surface area contributed by atoms with Crippen LogP contribution in [0.25, 0.3) is 0 Å². The SMILES string of the molecule is BN(Cc1ccc2c(c1)CN(C1C(=O)N(B)C(=O)C(B)(B)C1(B)B)C2=O)C(=O)C(F)(F)c1ccc(Cl)cc1. The number of hydrogen-bond donors (Lipinski definition) is 0. The Bertz CT molecular complexity index is 1360. The second-order valence-corrected chi connectivity index (χ2v) is 11.6. The standard InChI is InChI=1S/C22H24B6ClF2N3O4/c23-21(24)15(17(36)34(28)19(38)22(21,25)26)32-9-11-7-10(1-6-14(11)16(32)35)8-33(27)18(37)20(30,31)12-2-4-13(29)5-3-12/h1-7,15H,8-9,23-28H2. The van der Waals surface area contributed by atoms with Crippen LogP contribution in [0, 0.1) is 0 Å². The van der Waals surface area contributed by atoms with Gasteiger partial charge in [-0.25, -0.2) is 0 Å². The van der Waals surface area contributed by atoms with E-state index in [4.69, 9.17) is 11.6 Å². The molecule has 7 nitrogen and oxygen atoms in total. The van der Waals surface area contributed by atoms with Crippen molar-refractivity contribution in [2.45, 2.75) is 35.5 Å². The molecule has 4 amide bonds. The van der Waals surface area contributed by atoms with Gasteiger partial charge in [0.2, 0.25) is 27.8 Å².